The molecule has 0 unspecified atom stereocenters. The lowest BCUT2D eigenvalue weighted by Crippen LogP contribution is -2.44. The summed E-state index contributed by atoms with van der Waals surface area (Å²) in [6, 6.07) is 14.4. The minimum absolute atomic E-state index is 0.102. The molecule has 2 aromatic rings. The lowest BCUT2D eigenvalue weighted by Gasteiger charge is -2.32. The number of hydrogen-bond donors (Lipinski definition) is 1. The van der Waals surface area contributed by atoms with E-state index in [9.17, 15) is 4.79 Å². The summed E-state index contributed by atoms with van der Waals surface area (Å²) in [7, 11) is 3.15. The summed E-state index contributed by atoms with van der Waals surface area (Å²) >= 11 is 0. The largest absolute Gasteiger partial charge is 0.493 e. The van der Waals surface area contributed by atoms with E-state index >= 15 is 0 Å². The third-order valence-corrected chi connectivity index (χ3v) is 5.04. The molecule has 1 amide bonds. The minimum atomic E-state index is -0.102. The molecule has 5 heteroatoms. The standard InChI is InChI=1S/C22H28N2O3/c1-16-13-19(21(27-3)20(14-16)26-2)22(25)23-18-9-11-24(12-10-18)15-17-7-5-4-6-8-17/h4-8,13-14,18H,9-12,15H2,1-3H3,(H,23,25). The van der Waals surface area contributed by atoms with Crippen LogP contribution in [0.2, 0.25) is 0 Å². The summed E-state index contributed by atoms with van der Waals surface area (Å²) in [5.41, 5.74) is 2.83. The summed E-state index contributed by atoms with van der Waals surface area (Å²) < 4.78 is 10.8. The van der Waals surface area contributed by atoms with Gasteiger partial charge in [-0.2, -0.15) is 0 Å². The van der Waals surface area contributed by atoms with Gasteiger partial charge in [0.25, 0.3) is 5.91 Å². The van der Waals surface area contributed by atoms with Gasteiger partial charge >= 0.3 is 0 Å². The number of rotatable bonds is 6. The van der Waals surface area contributed by atoms with Crippen molar-refractivity contribution in [3.05, 3.63) is 59.2 Å². The van der Waals surface area contributed by atoms with Crippen LogP contribution in [0.4, 0.5) is 0 Å². The predicted octanol–water partition coefficient (Wildman–Crippen LogP) is 3.41. The van der Waals surface area contributed by atoms with Crippen LogP contribution in [-0.4, -0.2) is 44.2 Å². The van der Waals surface area contributed by atoms with Crippen molar-refractivity contribution in [2.75, 3.05) is 27.3 Å². The molecule has 1 heterocycles. The number of likely N-dealkylation sites (tertiary alicyclic amines) is 1. The lowest BCUT2D eigenvalue weighted by molar-refractivity contribution is 0.0905. The van der Waals surface area contributed by atoms with Crippen molar-refractivity contribution in [3.63, 3.8) is 0 Å². The molecular formula is C22H28N2O3. The highest BCUT2D eigenvalue weighted by Gasteiger charge is 2.24. The molecule has 1 N–H and O–H groups in total. The first-order valence-electron chi connectivity index (χ1n) is 9.40. The van der Waals surface area contributed by atoms with E-state index in [1.165, 1.54) is 5.56 Å². The topological polar surface area (TPSA) is 50.8 Å². The van der Waals surface area contributed by atoms with Crippen LogP contribution in [0, 0.1) is 6.92 Å². The maximum Gasteiger partial charge on any atom is 0.255 e. The molecule has 0 radical (unpaired) electrons. The van der Waals surface area contributed by atoms with Gasteiger partial charge in [0, 0.05) is 25.7 Å². The molecule has 2 aromatic carbocycles. The first-order valence-corrected chi connectivity index (χ1v) is 9.40. The normalized spacial score (nSPS) is 15.4. The van der Waals surface area contributed by atoms with E-state index in [-0.39, 0.29) is 11.9 Å². The summed E-state index contributed by atoms with van der Waals surface area (Å²) in [5, 5.41) is 3.17. The quantitative estimate of drug-likeness (QED) is 0.849. The summed E-state index contributed by atoms with van der Waals surface area (Å²) in [4.78, 5) is 15.3. The maximum atomic E-state index is 12.8. The number of ether oxygens (including phenoxy) is 2. The molecule has 0 bridgehead atoms. The number of piperidine rings is 1. The molecule has 3 rings (SSSR count). The van der Waals surface area contributed by atoms with Crippen LogP contribution in [0.1, 0.15) is 34.3 Å². The predicted molar refractivity (Wildman–Crippen MR) is 106 cm³/mol. The molecule has 27 heavy (non-hydrogen) atoms. The van der Waals surface area contributed by atoms with Gasteiger partial charge in [0.15, 0.2) is 11.5 Å². The molecule has 0 spiro atoms. The second-order valence-electron chi connectivity index (χ2n) is 7.06. The van der Waals surface area contributed by atoms with Crippen LogP contribution in [-0.2, 0) is 6.54 Å². The van der Waals surface area contributed by atoms with Gasteiger partial charge in [0.2, 0.25) is 0 Å². The number of hydrogen-bond acceptors (Lipinski definition) is 4. The SMILES string of the molecule is COc1cc(C)cc(C(=O)NC2CCN(Cc3ccccc3)CC2)c1OC. The van der Waals surface area contributed by atoms with Crippen molar-refractivity contribution in [1.29, 1.82) is 0 Å². The van der Waals surface area contributed by atoms with Gasteiger partial charge in [-0.3, -0.25) is 9.69 Å². The molecule has 5 nitrogen and oxygen atoms in total. The Hall–Kier alpha value is -2.53. The average Bonchev–Trinajstić information content (AvgIpc) is 2.69. The number of nitrogens with zero attached hydrogens (tertiary/aromatic N) is 1. The number of benzene rings is 2. The fraction of sp³-hybridized carbons (Fsp3) is 0.409. The molecule has 1 aliphatic rings. The highest BCUT2D eigenvalue weighted by Crippen LogP contribution is 2.32. The third kappa shape index (κ3) is 4.80. The zero-order chi connectivity index (χ0) is 19.2. The number of carbonyl (C=O) groups is 1. The molecule has 0 atom stereocenters. The van der Waals surface area contributed by atoms with Crippen molar-refractivity contribution < 1.29 is 14.3 Å². The highest BCUT2D eigenvalue weighted by molar-refractivity contribution is 5.98. The van der Waals surface area contributed by atoms with E-state index in [0.29, 0.717) is 17.1 Å². The van der Waals surface area contributed by atoms with Crippen LogP contribution in [0.3, 0.4) is 0 Å². The van der Waals surface area contributed by atoms with Gasteiger partial charge in [-0.25, -0.2) is 0 Å². The molecule has 0 aliphatic carbocycles. The Morgan fingerprint density at radius 2 is 1.81 bits per heavy atom. The second kappa shape index (κ2) is 8.91. The van der Waals surface area contributed by atoms with Crippen molar-refractivity contribution in [2.45, 2.75) is 32.4 Å². The summed E-state index contributed by atoms with van der Waals surface area (Å²) in [6.07, 6.45) is 1.90. The molecular weight excluding hydrogens is 340 g/mol. The Labute approximate surface area is 161 Å². The first kappa shape index (κ1) is 19.2. The molecule has 0 aromatic heterocycles. The number of carbonyl (C=O) groups excluding carboxylic acids is 1. The van der Waals surface area contributed by atoms with Crippen molar-refractivity contribution in [3.8, 4) is 11.5 Å². The van der Waals surface area contributed by atoms with Gasteiger partial charge in [-0.15, -0.1) is 0 Å². The molecule has 0 saturated carbocycles. The maximum absolute atomic E-state index is 12.8. The Bertz CT molecular complexity index is 769. The number of methoxy groups -OCH3 is 2. The Morgan fingerprint density at radius 3 is 2.44 bits per heavy atom. The molecule has 1 fully saturated rings. The average molecular weight is 368 g/mol. The molecule has 1 saturated heterocycles. The lowest BCUT2D eigenvalue weighted by atomic mass is 10.0. The monoisotopic (exact) mass is 368 g/mol. The zero-order valence-corrected chi connectivity index (χ0v) is 16.3. The second-order valence-corrected chi connectivity index (χ2v) is 7.06. The smallest absolute Gasteiger partial charge is 0.255 e. The zero-order valence-electron chi connectivity index (χ0n) is 16.3. The van der Waals surface area contributed by atoms with Crippen LogP contribution in [0.15, 0.2) is 42.5 Å². The fourth-order valence-electron chi connectivity index (χ4n) is 3.61. The van der Waals surface area contributed by atoms with E-state index < -0.39 is 0 Å². The van der Waals surface area contributed by atoms with Gasteiger partial charge < -0.3 is 14.8 Å². The number of nitrogens with one attached hydrogen (secondary N) is 1. The van der Waals surface area contributed by atoms with Gasteiger partial charge in [0.1, 0.15) is 0 Å². The van der Waals surface area contributed by atoms with Crippen molar-refractivity contribution >= 4 is 5.91 Å². The van der Waals surface area contributed by atoms with E-state index in [1.54, 1.807) is 14.2 Å². The third-order valence-electron chi connectivity index (χ3n) is 5.04. The fourth-order valence-corrected chi connectivity index (χ4v) is 3.61. The minimum Gasteiger partial charge on any atom is -0.493 e. The van der Waals surface area contributed by atoms with Gasteiger partial charge in [-0.1, -0.05) is 30.3 Å². The first-order chi connectivity index (χ1) is 13.1. The summed E-state index contributed by atoms with van der Waals surface area (Å²) in [6.45, 7) is 4.87. The summed E-state index contributed by atoms with van der Waals surface area (Å²) in [5.74, 6) is 0.970. The highest BCUT2D eigenvalue weighted by atomic mass is 16.5. The number of amides is 1. The van der Waals surface area contributed by atoms with Gasteiger partial charge in [-0.05, 0) is 43.0 Å². The molecule has 1 aliphatic heterocycles. The van der Waals surface area contributed by atoms with E-state index in [4.69, 9.17) is 9.47 Å². The van der Waals surface area contributed by atoms with Crippen LogP contribution in [0.5, 0.6) is 11.5 Å². The number of aryl methyl sites for hydroxylation is 1. The van der Waals surface area contributed by atoms with E-state index in [1.807, 2.05) is 25.1 Å². The van der Waals surface area contributed by atoms with E-state index in [0.717, 1.165) is 38.0 Å². The van der Waals surface area contributed by atoms with Gasteiger partial charge in [0.05, 0.1) is 19.8 Å². The van der Waals surface area contributed by atoms with Crippen LogP contribution >= 0.6 is 0 Å². The Balaban J connectivity index is 1.59. The Kier molecular flexibility index (Phi) is 6.35. The van der Waals surface area contributed by atoms with Crippen LogP contribution < -0.4 is 14.8 Å². The van der Waals surface area contributed by atoms with Crippen molar-refractivity contribution in [1.82, 2.24) is 10.2 Å². The van der Waals surface area contributed by atoms with E-state index in [2.05, 4.69) is 34.5 Å². The van der Waals surface area contributed by atoms with Crippen molar-refractivity contribution in [2.24, 2.45) is 0 Å². The molecule has 144 valence electrons. The van der Waals surface area contributed by atoms with Crippen LogP contribution in [0.25, 0.3) is 0 Å². The Morgan fingerprint density at radius 1 is 1.11 bits per heavy atom.